The summed E-state index contributed by atoms with van der Waals surface area (Å²) in [5.41, 5.74) is 0. The minimum absolute atomic E-state index is 0.0795. The van der Waals surface area contributed by atoms with Gasteiger partial charge in [-0.05, 0) is 48.3 Å². The van der Waals surface area contributed by atoms with Gasteiger partial charge in [0.15, 0.2) is 0 Å². The van der Waals surface area contributed by atoms with Crippen LogP contribution >= 0.6 is 39.1 Å². The lowest BCUT2D eigenvalue weighted by Crippen LogP contribution is -2.26. The molecule has 0 bridgehead atoms. The third-order valence-electron chi connectivity index (χ3n) is 3.50. The van der Waals surface area contributed by atoms with Crippen LogP contribution in [0.25, 0.3) is 10.1 Å². The van der Waals surface area contributed by atoms with Gasteiger partial charge in [0.25, 0.3) is 0 Å². The molecule has 0 radical (unpaired) electrons. The van der Waals surface area contributed by atoms with Crippen molar-refractivity contribution in [1.82, 2.24) is 9.10 Å². The Balaban J connectivity index is 1.52. The molecule has 1 aromatic heterocycles. The number of benzene rings is 2. The monoisotopic (exact) mass is 459 g/mol. The molecule has 0 unspecified atom stereocenters. The second-order valence-electron chi connectivity index (χ2n) is 5.28. The molecule has 5 nitrogen and oxygen atoms in total. The van der Waals surface area contributed by atoms with Crippen molar-refractivity contribution in [2.45, 2.75) is 11.3 Å². The Bertz CT molecular complexity index is 992. The fraction of sp³-hybridized carbons (Fsp3) is 0.188. The van der Waals surface area contributed by atoms with Crippen molar-refractivity contribution in [3.05, 3.63) is 52.0 Å². The Labute approximate surface area is 163 Å². The van der Waals surface area contributed by atoms with Crippen molar-refractivity contribution in [1.29, 1.82) is 0 Å². The van der Waals surface area contributed by atoms with Gasteiger partial charge < -0.3 is 5.32 Å². The summed E-state index contributed by atoms with van der Waals surface area (Å²) in [5.74, 6) is 0.833. The Morgan fingerprint density at radius 1 is 1.16 bits per heavy atom. The van der Waals surface area contributed by atoms with Crippen molar-refractivity contribution >= 4 is 65.0 Å². The van der Waals surface area contributed by atoms with Crippen LogP contribution in [0, 0.1) is 0 Å². The molecule has 2 N–H and O–H groups in total. The maximum Gasteiger partial charge on any atom is 0.242 e. The normalized spacial score (nSPS) is 11.8. The van der Waals surface area contributed by atoms with Crippen LogP contribution in [-0.4, -0.2) is 25.9 Å². The molecule has 0 aliphatic rings. The molecule has 2 aromatic carbocycles. The molecule has 0 saturated heterocycles. The molecule has 0 saturated carbocycles. The van der Waals surface area contributed by atoms with Crippen molar-refractivity contribution in [3.8, 4) is 0 Å². The minimum atomic E-state index is -3.62. The molecule has 1 heterocycles. The molecule has 0 fully saturated rings. The number of halogens is 2. The van der Waals surface area contributed by atoms with Crippen LogP contribution in [0.2, 0.25) is 5.02 Å². The van der Waals surface area contributed by atoms with Crippen LogP contribution in [0.3, 0.4) is 0 Å². The predicted octanol–water partition coefficient (Wildman–Crippen LogP) is 4.49. The van der Waals surface area contributed by atoms with Gasteiger partial charge in [0, 0.05) is 22.9 Å². The maximum absolute atomic E-state index is 12.3. The number of nitrogens with one attached hydrogen (secondary N) is 2. The molecule has 3 rings (SSSR count). The summed E-state index contributed by atoms with van der Waals surface area (Å²) in [4.78, 5) is 0.0795. The first-order chi connectivity index (χ1) is 12.0. The fourth-order valence-corrected chi connectivity index (χ4v) is 5.15. The van der Waals surface area contributed by atoms with Gasteiger partial charge in [-0.3, -0.25) is 0 Å². The average molecular weight is 461 g/mol. The van der Waals surface area contributed by atoms with E-state index in [2.05, 4.69) is 30.3 Å². The van der Waals surface area contributed by atoms with E-state index in [4.69, 9.17) is 11.6 Å². The molecule has 0 amide bonds. The number of fused-ring (bicyclic) bond motifs is 1. The summed E-state index contributed by atoms with van der Waals surface area (Å²) in [6, 6.07) is 12.7. The first kappa shape index (κ1) is 18.6. The Morgan fingerprint density at radius 2 is 1.96 bits per heavy atom. The second-order valence-corrected chi connectivity index (χ2v) is 9.14. The molecule has 9 heteroatoms. The van der Waals surface area contributed by atoms with E-state index >= 15 is 0 Å². The van der Waals surface area contributed by atoms with Crippen LogP contribution in [0.5, 0.6) is 0 Å². The summed E-state index contributed by atoms with van der Waals surface area (Å²) in [6.45, 7) is 0.925. The molecule has 3 aromatic rings. The molecular formula is C16H15BrClN3O2S2. The number of nitrogens with zero attached hydrogens (tertiary/aromatic N) is 1. The molecule has 25 heavy (non-hydrogen) atoms. The number of anilines is 1. The zero-order valence-corrected chi connectivity index (χ0v) is 17.0. The fourth-order valence-electron chi connectivity index (χ4n) is 2.29. The van der Waals surface area contributed by atoms with Crippen molar-refractivity contribution in [2.75, 3.05) is 18.4 Å². The Morgan fingerprint density at radius 3 is 2.76 bits per heavy atom. The molecule has 0 aliphatic heterocycles. The SMILES string of the molecule is O=S(=O)(NCCCNc1nsc2ccccc12)c1ccc(Br)cc1Cl. The van der Waals surface area contributed by atoms with Gasteiger partial charge in [0.1, 0.15) is 10.7 Å². The van der Waals surface area contributed by atoms with Crippen LogP contribution in [0.1, 0.15) is 6.42 Å². The van der Waals surface area contributed by atoms with E-state index in [0.717, 1.165) is 20.4 Å². The summed E-state index contributed by atoms with van der Waals surface area (Å²) in [6.07, 6.45) is 0.624. The van der Waals surface area contributed by atoms with Crippen molar-refractivity contribution in [2.24, 2.45) is 0 Å². The van der Waals surface area contributed by atoms with Crippen molar-refractivity contribution < 1.29 is 8.42 Å². The van der Waals surface area contributed by atoms with Gasteiger partial charge in [-0.25, -0.2) is 13.1 Å². The summed E-state index contributed by atoms with van der Waals surface area (Å²) in [5, 5.41) is 4.51. The Hall–Kier alpha value is -1.19. The van der Waals surface area contributed by atoms with Gasteiger partial charge in [0.2, 0.25) is 10.0 Å². The summed E-state index contributed by atoms with van der Waals surface area (Å²) < 4.78 is 33.4. The number of hydrogen-bond acceptors (Lipinski definition) is 5. The minimum Gasteiger partial charge on any atom is -0.369 e. The average Bonchev–Trinajstić information content (AvgIpc) is 2.97. The number of sulfonamides is 1. The Kier molecular flexibility index (Phi) is 5.96. The zero-order chi connectivity index (χ0) is 17.9. The van der Waals surface area contributed by atoms with E-state index in [1.165, 1.54) is 17.6 Å². The lowest BCUT2D eigenvalue weighted by Gasteiger charge is -2.09. The predicted molar refractivity (Wildman–Crippen MR) is 107 cm³/mol. The van der Waals surface area contributed by atoms with E-state index in [0.29, 0.717) is 19.5 Å². The smallest absolute Gasteiger partial charge is 0.242 e. The van der Waals surface area contributed by atoms with Crippen LogP contribution in [-0.2, 0) is 10.0 Å². The quantitative estimate of drug-likeness (QED) is 0.510. The van der Waals surface area contributed by atoms with Gasteiger partial charge in [-0.15, -0.1) is 0 Å². The van der Waals surface area contributed by atoms with E-state index < -0.39 is 10.0 Å². The van der Waals surface area contributed by atoms with Gasteiger partial charge in [-0.1, -0.05) is 39.7 Å². The second kappa shape index (κ2) is 8.01. The van der Waals surface area contributed by atoms with E-state index in [1.807, 2.05) is 24.3 Å². The van der Waals surface area contributed by atoms with Crippen LogP contribution < -0.4 is 10.0 Å². The third kappa shape index (κ3) is 4.51. The molecule has 0 aliphatic carbocycles. The van der Waals surface area contributed by atoms with Crippen LogP contribution in [0.15, 0.2) is 51.8 Å². The van der Waals surface area contributed by atoms with Gasteiger partial charge >= 0.3 is 0 Å². The highest BCUT2D eigenvalue weighted by atomic mass is 79.9. The highest BCUT2D eigenvalue weighted by Gasteiger charge is 2.17. The van der Waals surface area contributed by atoms with E-state index in [1.54, 1.807) is 12.1 Å². The first-order valence-electron chi connectivity index (χ1n) is 7.50. The highest BCUT2D eigenvalue weighted by Crippen LogP contribution is 2.26. The highest BCUT2D eigenvalue weighted by molar-refractivity contribution is 9.10. The standard InChI is InChI=1S/C16H15BrClN3O2S2/c17-11-6-7-15(13(18)10-11)25(22,23)20-9-3-8-19-16-12-4-1-2-5-14(12)24-21-16/h1-2,4-7,10,20H,3,8-9H2,(H,19,21). The first-order valence-corrected chi connectivity index (χ1v) is 10.9. The van der Waals surface area contributed by atoms with Crippen LogP contribution in [0.4, 0.5) is 5.82 Å². The van der Waals surface area contributed by atoms with E-state index in [9.17, 15) is 8.42 Å². The van der Waals surface area contributed by atoms with E-state index in [-0.39, 0.29) is 9.92 Å². The summed E-state index contributed by atoms with van der Waals surface area (Å²) >= 11 is 10.7. The molecule has 0 atom stereocenters. The number of rotatable bonds is 7. The molecular weight excluding hydrogens is 446 g/mol. The number of aromatic nitrogens is 1. The van der Waals surface area contributed by atoms with Gasteiger partial charge in [0.05, 0.1) is 9.72 Å². The topological polar surface area (TPSA) is 71.1 Å². The lowest BCUT2D eigenvalue weighted by atomic mass is 10.2. The summed E-state index contributed by atoms with van der Waals surface area (Å²) in [7, 11) is -3.62. The number of hydrogen-bond donors (Lipinski definition) is 2. The largest absolute Gasteiger partial charge is 0.369 e. The third-order valence-corrected chi connectivity index (χ3v) is 6.76. The lowest BCUT2D eigenvalue weighted by molar-refractivity contribution is 0.580. The zero-order valence-electron chi connectivity index (χ0n) is 13.0. The molecule has 0 spiro atoms. The maximum atomic E-state index is 12.3. The van der Waals surface area contributed by atoms with Gasteiger partial charge in [-0.2, -0.15) is 4.37 Å². The molecule has 132 valence electrons. The van der Waals surface area contributed by atoms with Crippen molar-refractivity contribution in [3.63, 3.8) is 0 Å².